The Hall–Kier alpha value is -3.39. The topological polar surface area (TPSA) is 80.2 Å². The molecule has 8 heteroatoms. The van der Waals surface area contributed by atoms with Crippen molar-refractivity contribution < 1.29 is 9.53 Å². The number of rotatable bonds is 5. The molecule has 0 spiro atoms. The zero-order valence-corrected chi connectivity index (χ0v) is 18.0. The molecule has 0 bridgehead atoms. The largest absolute Gasteiger partial charge is 0.497 e. The number of benzene rings is 1. The molecule has 0 atom stereocenters. The SMILES string of the molecule is COc1ccc(-n2c(C)cc(C(=O)N(C)Cc3nc4ccsc4c(=O)[nH]3)c2C)cc1. The summed E-state index contributed by atoms with van der Waals surface area (Å²) in [6.07, 6.45) is 0. The van der Waals surface area contributed by atoms with Crippen molar-refractivity contribution >= 4 is 27.5 Å². The molecule has 0 aliphatic carbocycles. The molecule has 0 unspecified atom stereocenters. The molecule has 3 aromatic heterocycles. The van der Waals surface area contributed by atoms with Crippen molar-refractivity contribution in [3.63, 3.8) is 0 Å². The van der Waals surface area contributed by atoms with Crippen LogP contribution in [0.2, 0.25) is 0 Å². The molecule has 30 heavy (non-hydrogen) atoms. The highest BCUT2D eigenvalue weighted by Crippen LogP contribution is 2.24. The fourth-order valence-corrected chi connectivity index (χ4v) is 4.33. The van der Waals surface area contributed by atoms with Crippen LogP contribution in [0.3, 0.4) is 0 Å². The maximum absolute atomic E-state index is 13.1. The van der Waals surface area contributed by atoms with Gasteiger partial charge in [0.25, 0.3) is 11.5 Å². The second kappa shape index (κ2) is 7.79. The number of carbonyl (C=O) groups excluding carboxylic acids is 1. The summed E-state index contributed by atoms with van der Waals surface area (Å²) >= 11 is 1.35. The van der Waals surface area contributed by atoms with E-state index >= 15 is 0 Å². The van der Waals surface area contributed by atoms with Crippen molar-refractivity contribution in [2.75, 3.05) is 14.2 Å². The third-order valence-electron chi connectivity index (χ3n) is 5.09. The molecular weight excluding hydrogens is 400 g/mol. The molecule has 4 rings (SSSR count). The van der Waals surface area contributed by atoms with E-state index < -0.39 is 0 Å². The van der Waals surface area contributed by atoms with Gasteiger partial charge >= 0.3 is 0 Å². The first-order chi connectivity index (χ1) is 14.4. The van der Waals surface area contributed by atoms with Crippen LogP contribution in [0.15, 0.2) is 46.6 Å². The lowest BCUT2D eigenvalue weighted by Gasteiger charge is -2.17. The molecule has 0 aliphatic heterocycles. The van der Waals surface area contributed by atoms with Gasteiger partial charge in [-0.15, -0.1) is 11.3 Å². The van der Waals surface area contributed by atoms with E-state index in [0.717, 1.165) is 22.8 Å². The number of methoxy groups -OCH3 is 1. The molecule has 1 N–H and O–H groups in total. The van der Waals surface area contributed by atoms with Gasteiger partial charge in [0.05, 0.1) is 24.7 Å². The number of nitrogens with zero attached hydrogens (tertiary/aromatic N) is 3. The maximum Gasteiger partial charge on any atom is 0.268 e. The Morgan fingerprint density at radius 1 is 1.23 bits per heavy atom. The zero-order chi connectivity index (χ0) is 21.4. The molecule has 1 aromatic carbocycles. The van der Waals surface area contributed by atoms with E-state index in [4.69, 9.17) is 4.74 Å². The van der Waals surface area contributed by atoms with Crippen LogP contribution in [0.1, 0.15) is 27.6 Å². The van der Waals surface area contributed by atoms with Crippen molar-refractivity contribution in [2.24, 2.45) is 0 Å². The van der Waals surface area contributed by atoms with Gasteiger partial charge in [-0.2, -0.15) is 0 Å². The number of carbonyl (C=O) groups is 1. The minimum Gasteiger partial charge on any atom is -0.497 e. The van der Waals surface area contributed by atoms with Gasteiger partial charge in [0.1, 0.15) is 16.3 Å². The van der Waals surface area contributed by atoms with Crippen molar-refractivity contribution in [2.45, 2.75) is 20.4 Å². The lowest BCUT2D eigenvalue weighted by atomic mass is 10.2. The Bertz CT molecular complexity index is 1280. The molecule has 0 radical (unpaired) electrons. The van der Waals surface area contributed by atoms with Gasteiger partial charge < -0.3 is 19.2 Å². The Labute approximate surface area is 177 Å². The number of thiophene rings is 1. The van der Waals surface area contributed by atoms with E-state index in [1.54, 1.807) is 19.1 Å². The number of amides is 1. The zero-order valence-electron chi connectivity index (χ0n) is 17.2. The number of aryl methyl sites for hydroxylation is 1. The lowest BCUT2D eigenvalue weighted by Crippen LogP contribution is -2.28. The predicted octanol–water partition coefficient (Wildman–Crippen LogP) is 3.67. The quantitative estimate of drug-likeness (QED) is 0.532. The first-order valence-electron chi connectivity index (χ1n) is 9.44. The number of aromatic amines is 1. The second-order valence-electron chi connectivity index (χ2n) is 7.13. The van der Waals surface area contributed by atoms with Crippen LogP contribution in [-0.4, -0.2) is 39.5 Å². The van der Waals surface area contributed by atoms with Crippen LogP contribution in [0, 0.1) is 13.8 Å². The molecule has 0 saturated carbocycles. The third-order valence-corrected chi connectivity index (χ3v) is 5.99. The van der Waals surface area contributed by atoms with Crippen LogP contribution in [0.25, 0.3) is 15.9 Å². The van der Waals surface area contributed by atoms with Crippen LogP contribution in [0.5, 0.6) is 5.75 Å². The standard InChI is InChI=1S/C22H22N4O3S/c1-13-11-17(14(2)26(13)15-5-7-16(29-4)8-6-15)22(28)25(3)12-19-23-18-9-10-30-20(18)21(27)24-19/h5-11H,12H2,1-4H3,(H,23,24,27). The minimum atomic E-state index is -0.177. The van der Waals surface area contributed by atoms with Gasteiger partial charge in [-0.05, 0) is 55.6 Å². The molecular formula is C22H22N4O3S. The summed E-state index contributed by atoms with van der Waals surface area (Å²) in [6.45, 7) is 4.11. The number of fused-ring (bicyclic) bond motifs is 1. The normalized spacial score (nSPS) is 11.1. The Balaban J connectivity index is 1.61. The van der Waals surface area contributed by atoms with Gasteiger partial charge in [-0.25, -0.2) is 4.98 Å². The molecule has 0 saturated heterocycles. The van der Waals surface area contributed by atoms with Crippen LogP contribution >= 0.6 is 11.3 Å². The van der Waals surface area contributed by atoms with Gasteiger partial charge in [0.2, 0.25) is 0 Å². The monoisotopic (exact) mass is 422 g/mol. The van der Waals surface area contributed by atoms with Gasteiger partial charge in [-0.1, -0.05) is 0 Å². The van der Waals surface area contributed by atoms with E-state index in [0.29, 0.717) is 21.6 Å². The van der Waals surface area contributed by atoms with Crippen LogP contribution < -0.4 is 10.3 Å². The molecule has 3 heterocycles. The summed E-state index contributed by atoms with van der Waals surface area (Å²) < 4.78 is 7.86. The minimum absolute atomic E-state index is 0.129. The summed E-state index contributed by atoms with van der Waals surface area (Å²) in [5.41, 5.74) is 3.86. The fourth-order valence-electron chi connectivity index (χ4n) is 3.61. The van der Waals surface area contributed by atoms with Gasteiger partial charge in [-0.3, -0.25) is 9.59 Å². The predicted molar refractivity (Wildman–Crippen MR) is 118 cm³/mol. The average Bonchev–Trinajstić information content (AvgIpc) is 3.32. The summed E-state index contributed by atoms with van der Waals surface area (Å²) in [5, 5.41) is 1.83. The smallest absolute Gasteiger partial charge is 0.268 e. The van der Waals surface area contributed by atoms with E-state index in [1.807, 2.05) is 60.2 Å². The highest BCUT2D eigenvalue weighted by atomic mass is 32.1. The van der Waals surface area contributed by atoms with Crippen molar-refractivity contribution in [1.82, 2.24) is 19.4 Å². The van der Waals surface area contributed by atoms with E-state index in [-0.39, 0.29) is 18.0 Å². The number of aromatic nitrogens is 3. The van der Waals surface area contributed by atoms with E-state index in [2.05, 4.69) is 9.97 Å². The maximum atomic E-state index is 13.1. The lowest BCUT2D eigenvalue weighted by molar-refractivity contribution is 0.0781. The van der Waals surface area contributed by atoms with Crippen molar-refractivity contribution in [1.29, 1.82) is 0 Å². The molecule has 154 valence electrons. The Kier molecular flexibility index (Phi) is 5.17. The van der Waals surface area contributed by atoms with Crippen molar-refractivity contribution in [3.05, 3.63) is 74.9 Å². The van der Waals surface area contributed by atoms with Crippen molar-refractivity contribution in [3.8, 4) is 11.4 Å². The number of hydrogen-bond donors (Lipinski definition) is 1. The van der Waals surface area contributed by atoms with Gasteiger partial charge in [0.15, 0.2) is 0 Å². The highest BCUT2D eigenvalue weighted by Gasteiger charge is 2.21. The molecule has 0 fully saturated rings. The average molecular weight is 423 g/mol. The summed E-state index contributed by atoms with van der Waals surface area (Å²) in [6, 6.07) is 11.4. The van der Waals surface area contributed by atoms with Crippen LogP contribution in [0.4, 0.5) is 0 Å². The second-order valence-corrected chi connectivity index (χ2v) is 8.04. The van der Waals surface area contributed by atoms with Crippen LogP contribution in [-0.2, 0) is 6.54 Å². The first kappa shape index (κ1) is 19.9. The number of ether oxygens (including phenoxy) is 1. The highest BCUT2D eigenvalue weighted by molar-refractivity contribution is 7.17. The van der Waals surface area contributed by atoms with E-state index in [1.165, 1.54) is 11.3 Å². The molecule has 7 nitrogen and oxygen atoms in total. The molecule has 1 amide bonds. The summed E-state index contributed by atoms with van der Waals surface area (Å²) in [7, 11) is 3.34. The molecule has 4 aromatic rings. The number of hydrogen-bond acceptors (Lipinski definition) is 5. The molecule has 0 aliphatic rings. The third kappa shape index (κ3) is 3.50. The number of nitrogens with one attached hydrogen (secondary N) is 1. The Morgan fingerprint density at radius 3 is 2.67 bits per heavy atom. The fraction of sp³-hybridized carbons (Fsp3) is 0.227. The Morgan fingerprint density at radius 2 is 1.97 bits per heavy atom. The first-order valence-corrected chi connectivity index (χ1v) is 10.3. The summed E-state index contributed by atoms with van der Waals surface area (Å²) in [4.78, 5) is 34.1. The summed E-state index contributed by atoms with van der Waals surface area (Å²) in [5.74, 6) is 1.11. The van der Waals surface area contributed by atoms with Gasteiger partial charge in [0, 0.05) is 24.1 Å². The number of H-pyrrole nitrogens is 1. The van der Waals surface area contributed by atoms with E-state index in [9.17, 15) is 9.59 Å².